The van der Waals surface area contributed by atoms with Gasteiger partial charge in [0, 0.05) is 38.6 Å². The number of hydrogen-bond acceptors (Lipinski definition) is 3. The Hall–Kier alpha value is -1.66. The van der Waals surface area contributed by atoms with Gasteiger partial charge >= 0.3 is 0 Å². The molecule has 5 nitrogen and oxygen atoms in total. The summed E-state index contributed by atoms with van der Waals surface area (Å²) >= 11 is 0. The first-order chi connectivity index (χ1) is 12.6. The summed E-state index contributed by atoms with van der Waals surface area (Å²) in [7, 11) is 0. The highest BCUT2D eigenvalue weighted by atomic mass is 35.5. The monoisotopic (exact) mass is 395 g/mol. The lowest BCUT2D eigenvalue weighted by molar-refractivity contribution is -0.143. The number of amides is 2. The van der Waals surface area contributed by atoms with Crippen molar-refractivity contribution in [1.82, 2.24) is 15.1 Å². The van der Waals surface area contributed by atoms with Gasteiger partial charge in [0.15, 0.2) is 0 Å². The first-order valence-electron chi connectivity index (χ1n) is 9.69. The number of halogens is 2. The van der Waals surface area contributed by atoms with Crippen LogP contribution in [-0.4, -0.2) is 54.3 Å². The van der Waals surface area contributed by atoms with Crippen LogP contribution in [-0.2, 0) is 9.59 Å². The highest BCUT2D eigenvalue weighted by Gasteiger charge is 2.39. The van der Waals surface area contributed by atoms with E-state index < -0.39 is 0 Å². The molecule has 3 fully saturated rings. The quantitative estimate of drug-likeness (QED) is 0.854. The second-order valence-corrected chi connectivity index (χ2v) is 7.70. The van der Waals surface area contributed by atoms with Crippen molar-refractivity contribution < 1.29 is 14.0 Å². The topological polar surface area (TPSA) is 52.7 Å². The van der Waals surface area contributed by atoms with Gasteiger partial charge in [0.05, 0.1) is 12.0 Å². The molecule has 1 aliphatic carbocycles. The molecule has 2 saturated heterocycles. The van der Waals surface area contributed by atoms with Crippen molar-refractivity contribution in [3.63, 3.8) is 0 Å². The van der Waals surface area contributed by atoms with Gasteiger partial charge in [0.2, 0.25) is 11.8 Å². The summed E-state index contributed by atoms with van der Waals surface area (Å²) < 4.78 is 13.7. The van der Waals surface area contributed by atoms with Crippen molar-refractivity contribution in [2.75, 3.05) is 32.7 Å². The third kappa shape index (κ3) is 4.43. The lowest BCUT2D eigenvalue weighted by Crippen LogP contribution is -2.53. The Kier molecular flexibility index (Phi) is 6.37. The number of carbonyl (C=O) groups excluding carboxylic acids is 2. The number of benzene rings is 1. The van der Waals surface area contributed by atoms with Gasteiger partial charge in [-0.15, -0.1) is 12.4 Å². The summed E-state index contributed by atoms with van der Waals surface area (Å²) in [6.45, 7) is 3.30. The zero-order chi connectivity index (χ0) is 18.1. The predicted octanol–water partition coefficient (Wildman–Crippen LogP) is 2.37. The van der Waals surface area contributed by atoms with Gasteiger partial charge in [-0.25, -0.2) is 4.39 Å². The largest absolute Gasteiger partial charge is 0.342 e. The summed E-state index contributed by atoms with van der Waals surface area (Å²) in [6.07, 6.45) is 3.69. The van der Waals surface area contributed by atoms with E-state index in [0.29, 0.717) is 19.6 Å². The highest BCUT2D eigenvalue weighted by Crippen LogP contribution is 2.33. The lowest BCUT2D eigenvalue weighted by atomic mass is 9.93. The molecule has 0 radical (unpaired) electrons. The van der Waals surface area contributed by atoms with Gasteiger partial charge < -0.3 is 15.1 Å². The van der Waals surface area contributed by atoms with Gasteiger partial charge in [-0.3, -0.25) is 9.59 Å². The maximum absolute atomic E-state index is 13.7. The maximum atomic E-state index is 13.7. The van der Waals surface area contributed by atoms with E-state index in [1.165, 1.54) is 12.1 Å². The minimum absolute atomic E-state index is 0. The molecule has 0 bridgehead atoms. The standard InChI is InChI=1S/C20H26FN3O2.ClH/c21-17-5-1-3-15(11-17)18-12-22-8-10-24(18)20(26)16-4-2-9-23(13-16)19(25)14-6-7-14;/h1,3,5,11,14,16,18,22H,2,4,6-10,12-13H2;1H. The zero-order valence-electron chi connectivity index (χ0n) is 15.4. The first kappa shape index (κ1) is 20.1. The molecule has 0 aromatic heterocycles. The normalized spacial score (nSPS) is 25.7. The fourth-order valence-electron chi connectivity index (χ4n) is 4.18. The average molecular weight is 396 g/mol. The maximum Gasteiger partial charge on any atom is 0.228 e. The minimum atomic E-state index is -0.278. The van der Waals surface area contributed by atoms with Crippen molar-refractivity contribution in [2.45, 2.75) is 31.7 Å². The Morgan fingerprint density at radius 2 is 1.89 bits per heavy atom. The molecule has 4 rings (SSSR count). The van der Waals surface area contributed by atoms with Crippen LogP contribution in [0, 0.1) is 17.7 Å². The Morgan fingerprint density at radius 3 is 2.63 bits per heavy atom. The number of nitrogens with zero attached hydrogens (tertiary/aromatic N) is 2. The Bertz CT molecular complexity index is 698. The summed E-state index contributed by atoms with van der Waals surface area (Å²) in [4.78, 5) is 29.4. The van der Waals surface area contributed by atoms with E-state index in [0.717, 1.165) is 44.3 Å². The molecule has 1 saturated carbocycles. The molecule has 2 heterocycles. The molecule has 2 unspecified atom stereocenters. The SMILES string of the molecule is Cl.O=C(C1CC1)N1CCCC(C(=O)N2CCNCC2c2cccc(F)c2)C1. The van der Waals surface area contributed by atoms with Crippen LogP contribution in [0.5, 0.6) is 0 Å². The fourth-order valence-corrected chi connectivity index (χ4v) is 4.18. The van der Waals surface area contributed by atoms with Crippen LogP contribution in [0.1, 0.15) is 37.3 Å². The molecule has 0 spiro atoms. The highest BCUT2D eigenvalue weighted by molar-refractivity contribution is 5.85. The molecule has 3 aliphatic rings. The van der Waals surface area contributed by atoms with Crippen LogP contribution in [0.15, 0.2) is 24.3 Å². The summed E-state index contributed by atoms with van der Waals surface area (Å²) in [5.41, 5.74) is 0.826. The number of nitrogens with one attached hydrogen (secondary N) is 1. The number of rotatable bonds is 3. The molecule has 27 heavy (non-hydrogen) atoms. The molecule has 1 aromatic rings. The molecule has 2 aliphatic heterocycles. The van der Waals surface area contributed by atoms with Crippen molar-refractivity contribution in [1.29, 1.82) is 0 Å². The second-order valence-electron chi connectivity index (χ2n) is 7.70. The fraction of sp³-hybridized carbons (Fsp3) is 0.600. The van der Waals surface area contributed by atoms with E-state index in [4.69, 9.17) is 0 Å². The number of hydrogen-bond donors (Lipinski definition) is 1. The molecular formula is C20H27ClFN3O2. The number of carbonyl (C=O) groups is 2. The summed E-state index contributed by atoms with van der Waals surface area (Å²) in [5, 5.41) is 3.31. The van der Waals surface area contributed by atoms with E-state index in [1.807, 2.05) is 15.9 Å². The average Bonchev–Trinajstić information content (AvgIpc) is 3.52. The van der Waals surface area contributed by atoms with Crippen molar-refractivity contribution in [2.24, 2.45) is 11.8 Å². The third-order valence-electron chi connectivity index (χ3n) is 5.77. The van der Waals surface area contributed by atoms with Gasteiger partial charge in [-0.2, -0.15) is 0 Å². The minimum Gasteiger partial charge on any atom is -0.342 e. The van der Waals surface area contributed by atoms with Crippen molar-refractivity contribution >= 4 is 24.2 Å². The van der Waals surface area contributed by atoms with Gasteiger partial charge in [0.1, 0.15) is 5.82 Å². The molecule has 2 atom stereocenters. The first-order valence-corrected chi connectivity index (χ1v) is 9.69. The summed E-state index contributed by atoms with van der Waals surface area (Å²) in [6, 6.07) is 6.36. The van der Waals surface area contributed by atoms with Crippen LogP contribution in [0.3, 0.4) is 0 Å². The predicted molar refractivity (Wildman–Crippen MR) is 103 cm³/mol. The van der Waals surface area contributed by atoms with Gasteiger partial charge in [-0.1, -0.05) is 12.1 Å². The molecule has 2 amide bonds. The Labute approximate surface area is 165 Å². The molecule has 1 N–H and O–H groups in total. The van der Waals surface area contributed by atoms with Gasteiger partial charge in [-0.05, 0) is 43.4 Å². The molecule has 7 heteroatoms. The van der Waals surface area contributed by atoms with Crippen LogP contribution in [0.2, 0.25) is 0 Å². The van der Waals surface area contributed by atoms with Crippen molar-refractivity contribution in [3.05, 3.63) is 35.6 Å². The molecule has 1 aromatic carbocycles. The second kappa shape index (κ2) is 8.57. The number of piperidine rings is 1. The van der Waals surface area contributed by atoms with E-state index in [9.17, 15) is 14.0 Å². The van der Waals surface area contributed by atoms with Crippen molar-refractivity contribution in [3.8, 4) is 0 Å². The van der Waals surface area contributed by atoms with E-state index in [1.54, 1.807) is 6.07 Å². The van der Waals surface area contributed by atoms with Crippen LogP contribution in [0.25, 0.3) is 0 Å². The Balaban J connectivity index is 0.00000210. The van der Waals surface area contributed by atoms with E-state index >= 15 is 0 Å². The van der Waals surface area contributed by atoms with Crippen LogP contribution >= 0.6 is 12.4 Å². The van der Waals surface area contributed by atoms with Crippen LogP contribution in [0.4, 0.5) is 4.39 Å². The summed E-state index contributed by atoms with van der Waals surface area (Å²) in [5.74, 6) is 0.113. The third-order valence-corrected chi connectivity index (χ3v) is 5.77. The Morgan fingerprint density at radius 1 is 1.07 bits per heavy atom. The number of piperazine rings is 1. The molecule has 148 valence electrons. The van der Waals surface area contributed by atoms with E-state index in [-0.39, 0.29) is 47.9 Å². The van der Waals surface area contributed by atoms with Crippen LogP contribution < -0.4 is 5.32 Å². The number of likely N-dealkylation sites (tertiary alicyclic amines) is 1. The lowest BCUT2D eigenvalue weighted by Gasteiger charge is -2.41. The molecular weight excluding hydrogens is 369 g/mol. The van der Waals surface area contributed by atoms with E-state index in [2.05, 4.69) is 5.32 Å². The smallest absolute Gasteiger partial charge is 0.228 e. The van der Waals surface area contributed by atoms with Gasteiger partial charge in [0.25, 0.3) is 0 Å². The zero-order valence-corrected chi connectivity index (χ0v) is 16.2.